The summed E-state index contributed by atoms with van der Waals surface area (Å²) in [4.78, 5) is 3.69. The summed E-state index contributed by atoms with van der Waals surface area (Å²) < 4.78 is 101. The second-order valence-electron chi connectivity index (χ2n) is 5.05. The molecule has 0 amide bonds. The summed E-state index contributed by atoms with van der Waals surface area (Å²) in [5.74, 6) is 0. The number of nitrogens with zero attached hydrogens (tertiary/aromatic N) is 3. The Bertz CT molecular complexity index is 1070. The number of aromatic nitrogens is 3. The number of sulfonamides is 1. The molecule has 1 aromatic carbocycles. The van der Waals surface area contributed by atoms with Crippen molar-refractivity contribution in [1.82, 2.24) is 14.6 Å². The van der Waals surface area contributed by atoms with Crippen molar-refractivity contribution >= 4 is 26.3 Å². The first kappa shape index (κ1) is 18.6. The highest BCUT2D eigenvalue weighted by Gasteiger charge is 2.37. The van der Waals surface area contributed by atoms with E-state index in [1.807, 2.05) is 0 Å². The number of hydrogen-bond donors (Lipinski definition) is 1. The lowest BCUT2D eigenvalue weighted by atomic mass is 10.0. The third-order valence-electron chi connectivity index (χ3n) is 3.19. The quantitative estimate of drug-likeness (QED) is 0.650. The average molecular weight is 416 g/mol. The normalized spacial score (nSPS) is 13.5. The molecule has 0 radical (unpaired) electrons. The van der Waals surface area contributed by atoms with Crippen LogP contribution in [0.15, 0.2) is 28.7 Å². The third kappa shape index (κ3) is 3.39. The Morgan fingerprint density at radius 1 is 1.00 bits per heavy atom. The first-order valence-electron chi connectivity index (χ1n) is 6.44. The van der Waals surface area contributed by atoms with E-state index < -0.39 is 43.4 Å². The molecule has 3 aromatic rings. The van der Waals surface area contributed by atoms with Gasteiger partial charge in [0.25, 0.3) is 10.0 Å². The molecule has 3 rings (SSSR count). The summed E-state index contributed by atoms with van der Waals surface area (Å²) >= 11 is 0.523. The van der Waals surface area contributed by atoms with Gasteiger partial charge in [0.15, 0.2) is 0 Å². The highest BCUT2D eigenvalue weighted by atomic mass is 32.2. The first-order chi connectivity index (χ1) is 11.8. The van der Waals surface area contributed by atoms with Crippen LogP contribution < -0.4 is 5.14 Å². The van der Waals surface area contributed by atoms with Crippen molar-refractivity contribution in [2.45, 2.75) is 16.7 Å². The monoisotopic (exact) mass is 416 g/mol. The Kier molecular flexibility index (Phi) is 4.04. The molecule has 0 spiro atoms. The molecular formula is C12H6F6N4O2S2. The Labute approximate surface area is 144 Å². The highest BCUT2D eigenvalue weighted by Crippen LogP contribution is 2.39. The smallest absolute Gasteiger partial charge is 0.225 e. The number of nitrogens with two attached hydrogens (primary N) is 1. The van der Waals surface area contributed by atoms with Crippen LogP contribution in [0.2, 0.25) is 0 Å². The molecule has 26 heavy (non-hydrogen) atoms. The molecule has 0 bridgehead atoms. The van der Waals surface area contributed by atoms with Crippen molar-refractivity contribution in [2.75, 3.05) is 0 Å². The van der Waals surface area contributed by atoms with Crippen molar-refractivity contribution in [3.05, 3.63) is 35.5 Å². The minimum absolute atomic E-state index is 0.0153. The lowest BCUT2D eigenvalue weighted by Gasteiger charge is -2.13. The maximum absolute atomic E-state index is 13.0. The summed E-state index contributed by atoms with van der Waals surface area (Å²) in [6, 6.07) is 0.974. The number of alkyl halides is 6. The fraction of sp³-hybridized carbons (Fsp3) is 0.167. The van der Waals surface area contributed by atoms with Gasteiger partial charge in [-0.15, -0.1) is 5.10 Å². The topological polar surface area (TPSA) is 90.4 Å². The van der Waals surface area contributed by atoms with E-state index in [0.717, 1.165) is 10.7 Å². The zero-order valence-corrected chi connectivity index (χ0v) is 13.8. The molecule has 6 nitrogen and oxygen atoms in total. The van der Waals surface area contributed by atoms with Crippen LogP contribution >= 0.6 is 11.3 Å². The maximum Gasteiger partial charge on any atom is 0.416 e. The van der Waals surface area contributed by atoms with Crippen LogP contribution in [0, 0.1) is 0 Å². The molecule has 0 fully saturated rings. The molecule has 0 aliphatic rings. The van der Waals surface area contributed by atoms with E-state index in [1.165, 1.54) is 0 Å². The number of halogens is 6. The molecule has 2 N–H and O–H groups in total. The molecule has 0 unspecified atom stereocenters. The molecule has 14 heteroatoms. The minimum Gasteiger partial charge on any atom is -0.225 e. The Hall–Kier alpha value is -2.19. The van der Waals surface area contributed by atoms with Gasteiger partial charge in [-0.1, -0.05) is 11.3 Å². The Morgan fingerprint density at radius 2 is 1.54 bits per heavy atom. The lowest BCUT2D eigenvalue weighted by molar-refractivity contribution is -0.143. The largest absolute Gasteiger partial charge is 0.416 e. The van der Waals surface area contributed by atoms with Crippen molar-refractivity contribution in [2.24, 2.45) is 5.14 Å². The maximum atomic E-state index is 13.0. The van der Waals surface area contributed by atoms with E-state index in [2.05, 4.69) is 10.1 Å². The summed E-state index contributed by atoms with van der Waals surface area (Å²) in [7, 11) is -4.21. The van der Waals surface area contributed by atoms with Gasteiger partial charge < -0.3 is 0 Å². The zero-order chi connectivity index (χ0) is 19.5. The molecule has 0 atom stereocenters. The van der Waals surface area contributed by atoms with Gasteiger partial charge in [-0.3, -0.25) is 0 Å². The Morgan fingerprint density at radius 3 is 2.00 bits per heavy atom. The van der Waals surface area contributed by atoms with Crippen molar-refractivity contribution in [3.63, 3.8) is 0 Å². The molecule has 0 aliphatic carbocycles. The van der Waals surface area contributed by atoms with E-state index in [9.17, 15) is 34.8 Å². The molecular weight excluding hydrogens is 410 g/mol. The standard InChI is InChI=1S/C12H6F6N4O2S2/c13-11(14,15)6-1-5(2-7(3-6)12(16,17)18)8-4-20-9-22(8)21-10(25-9)26(19,23)24/h1-4H,(H2,19,23,24). The highest BCUT2D eigenvalue weighted by molar-refractivity contribution is 7.91. The second-order valence-corrected chi connectivity index (χ2v) is 7.74. The van der Waals surface area contributed by atoms with Gasteiger partial charge in [-0.25, -0.2) is 23.1 Å². The number of benzene rings is 1. The van der Waals surface area contributed by atoms with Crippen LogP contribution in [0.3, 0.4) is 0 Å². The van der Waals surface area contributed by atoms with Gasteiger partial charge in [0.2, 0.25) is 9.30 Å². The van der Waals surface area contributed by atoms with Crippen LogP contribution in [0.1, 0.15) is 11.1 Å². The predicted octanol–water partition coefficient (Wildman–Crippen LogP) is 3.14. The molecule has 140 valence electrons. The molecule has 2 aromatic heterocycles. The number of rotatable bonds is 2. The summed E-state index contributed by atoms with van der Waals surface area (Å²) in [5, 5.41) is 8.51. The van der Waals surface area contributed by atoms with E-state index in [4.69, 9.17) is 5.14 Å². The zero-order valence-electron chi connectivity index (χ0n) is 12.1. The van der Waals surface area contributed by atoms with Crippen molar-refractivity contribution < 1.29 is 34.8 Å². The van der Waals surface area contributed by atoms with Crippen LogP contribution in [0.25, 0.3) is 16.2 Å². The van der Waals surface area contributed by atoms with E-state index >= 15 is 0 Å². The number of hydrogen-bond acceptors (Lipinski definition) is 5. The van der Waals surface area contributed by atoms with Crippen molar-refractivity contribution in [3.8, 4) is 11.3 Å². The fourth-order valence-electron chi connectivity index (χ4n) is 2.09. The minimum atomic E-state index is -5.02. The third-order valence-corrected chi connectivity index (χ3v) is 5.43. The number of imidazole rings is 1. The van der Waals surface area contributed by atoms with Crippen LogP contribution in [-0.2, 0) is 22.4 Å². The predicted molar refractivity (Wildman–Crippen MR) is 77.7 cm³/mol. The van der Waals surface area contributed by atoms with Crippen LogP contribution in [0.4, 0.5) is 26.3 Å². The average Bonchev–Trinajstić information content (AvgIpc) is 3.04. The van der Waals surface area contributed by atoms with E-state index in [0.29, 0.717) is 23.5 Å². The van der Waals surface area contributed by atoms with Gasteiger partial charge in [0.1, 0.15) is 0 Å². The second kappa shape index (κ2) is 5.65. The van der Waals surface area contributed by atoms with Gasteiger partial charge in [0.05, 0.1) is 23.0 Å². The van der Waals surface area contributed by atoms with E-state index in [-0.39, 0.29) is 16.7 Å². The Balaban J connectivity index is 2.26. The van der Waals surface area contributed by atoms with Gasteiger partial charge in [-0.05, 0) is 18.2 Å². The summed E-state index contributed by atoms with van der Waals surface area (Å²) in [6.45, 7) is 0. The van der Waals surface area contributed by atoms with Gasteiger partial charge >= 0.3 is 12.4 Å². The molecule has 2 heterocycles. The molecule has 0 saturated heterocycles. The van der Waals surface area contributed by atoms with Gasteiger partial charge in [0, 0.05) is 5.56 Å². The molecule has 0 aliphatic heterocycles. The first-order valence-corrected chi connectivity index (χ1v) is 8.80. The number of primary sulfonamides is 1. The number of fused-ring (bicyclic) bond motifs is 1. The van der Waals surface area contributed by atoms with Crippen LogP contribution in [-0.4, -0.2) is 23.0 Å². The lowest BCUT2D eigenvalue weighted by Crippen LogP contribution is -2.12. The van der Waals surface area contributed by atoms with Crippen molar-refractivity contribution in [1.29, 1.82) is 0 Å². The summed E-state index contributed by atoms with van der Waals surface area (Å²) in [5.41, 5.74) is -3.76. The fourth-order valence-corrected chi connectivity index (χ4v) is 3.58. The van der Waals surface area contributed by atoms with Crippen LogP contribution in [0.5, 0.6) is 0 Å². The SMILES string of the molecule is NS(=O)(=O)c1nn2c(-c3cc(C(F)(F)F)cc(C(F)(F)F)c3)cnc2s1. The molecule has 0 saturated carbocycles. The van der Waals surface area contributed by atoms with E-state index in [1.54, 1.807) is 0 Å². The summed E-state index contributed by atoms with van der Waals surface area (Å²) in [6.07, 6.45) is -9.05. The van der Waals surface area contributed by atoms with Gasteiger partial charge in [-0.2, -0.15) is 26.3 Å².